The summed E-state index contributed by atoms with van der Waals surface area (Å²) >= 11 is 19.2. The third-order valence-electron chi connectivity index (χ3n) is 3.63. The third kappa shape index (κ3) is 4.73. The fraction of sp³-hybridized carbons (Fsp3) is 0.176. The van der Waals surface area contributed by atoms with Crippen molar-refractivity contribution in [3.05, 3.63) is 51.1 Å². The SMILES string of the molecule is Cc1nc(NC(=O)CSc2nnc(-c3ccc(Cl)cc3)n2C)c(Cl)cc1Cl. The zero-order valence-corrected chi connectivity index (χ0v) is 17.4. The lowest BCUT2D eigenvalue weighted by Crippen LogP contribution is -2.16. The highest BCUT2D eigenvalue weighted by molar-refractivity contribution is 7.99. The first-order valence-corrected chi connectivity index (χ1v) is 9.87. The fourth-order valence-electron chi connectivity index (χ4n) is 2.24. The van der Waals surface area contributed by atoms with Crippen LogP contribution < -0.4 is 5.32 Å². The van der Waals surface area contributed by atoms with Gasteiger partial charge in [-0.1, -0.05) is 46.6 Å². The zero-order valence-electron chi connectivity index (χ0n) is 14.3. The van der Waals surface area contributed by atoms with Gasteiger partial charge in [-0.15, -0.1) is 10.2 Å². The van der Waals surface area contributed by atoms with Gasteiger partial charge in [0.2, 0.25) is 5.91 Å². The normalized spacial score (nSPS) is 10.9. The largest absolute Gasteiger partial charge is 0.309 e. The van der Waals surface area contributed by atoms with E-state index in [1.807, 2.05) is 23.7 Å². The van der Waals surface area contributed by atoms with E-state index in [9.17, 15) is 4.79 Å². The Kier molecular flexibility index (Phi) is 6.26. The Morgan fingerprint density at radius 1 is 1.15 bits per heavy atom. The van der Waals surface area contributed by atoms with E-state index in [0.717, 1.165) is 5.56 Å². The quantitative estimate of drug-likeness (QED) is 0.570. The number of aryl methyl sites for hydroxylation is 1. The van der Waals surface area contributed by atoms with Crippen LogP contribution in [0.3, 0.4) is 0 Å². The van der Waals surface area contributed by atoms with E-state index in [4.69, 9.17) is 34.8 Å². The van der Waals surface area contributed by atoms with Gasteiger partial charge >= 0.3 is 0 Å². The lowest BCUT2D eigenvalue weighted by Gasteiger charge is -2.08. The van der Waals surface area contributed by atoms with Crippen LogP contribution in [0.1, 0.15) is 5.69 Å². The van der Waals surface area contributed by atoms with Crippen LogP contribution in [0.4, 0.5) is 5.82 Å². The molecular formula is C17H14Cl3N5OS. The Labute approximate surface area is 175 Å². The van der Waals surface area contributed by atoms with Gasteiger partial charge in [0.15, 0.2) is 16.8 Å². The van der Waals surface area contributed by atoms with Gasteiger partial charge in [0.1, 0.15) is 0 Å². The van der Waals surface area contributed by atoms with E-state index in [2.05, 4.69) is 20.5 Å². The van der Waals surface area contributed by atoms with Gasteiger partial charge in [-0.25, -0.2) is 4.98 Å². The van der Waals surface area contributed by atoms with Crippen LogP contribution in [0.5, 0.6) is 0 Å². The molecule has 0 radical (unpaired) electrons. The smallest absolute Gasteiger partial charge is 0.236 e. The summed E-state index contributed by atoms with van der Waals surface area (Å²) in [5, 5.41) is 13.0. The number of halogens is 3. The van der Waals surface area contributed by atoms with Crippen LogP contribution in [0, 0.1) is 6.92 Å². The maximum atomic E-state index is 12.2. The number of aromatic nitrogens is 4. The van der Waals surface area contributed by atoms with Crippen molar-refractivity contribution in [2.45, 2.75) is 12.1 Å². The van der Waals surface area contributed by atoms with Crippen LogP contribution in [0.15, 0.2) is 35.5 Å². The second-order valence-corrected chi connectivity index (χ2v) is 7.79. The molecule has 27 heavy (non-hydrogen) atoms. The molecule has 1 aromatic carbocycles. The Morgan fingerprint density at radius 2 is 1.85 bits per heavy atom. The molecule has 1 amide bonds. The molecule has 2 heterocycles. The van der Waals surface area contributed by atoms with Gasteiger partial charge in [-0.3, -0.25) is 4.79 Å². The van der Waals surface area contributed by atoms with Gasteiger partial charge in [0, 0.05) is 17.6 Å². The number of anilines is 1. The highest BCUT2D eigenvalue weighted by Crippen LogP contribution is 2.27. The molecule has 2 aromatic heterocycles. The minimum absolute atomic E-state index is 0.131. The van der Waals surface area contributed by atoms with Crippen LogP contribution in [0.2, 0.25) is 15.1 Å². The van der Waals surface area contributed by atoms with Crippen molar-refractivity contribution >= 4 is 58.3 Å². The highest BCUT2D eigenvalue weighted by atomic mass is 35.5. The average molecular weight is 443 g/mol. The van der Waals surface area contributed by atoms with E-state index in [-0.39, 0.29) is 22.5 Å². The molecule has 1 N–H and O–H groups in total. The second kappa shape index (κ2) is 8.48. The number of nitrogens with zero attached hydrogens (tertiary/aromatic N) is 4. The Balaban J connectivity index is 1.66. The van der Waals surface area contributed by atoms with Gasteiger partial charge in [-0.05, 0) is 37.3 Å². The molecule has 0 saturated carbocycles. The van der Waals surface area contributed by atoms with E-state index >= 15 is 0 Å². The van der Waals surface area contributed by atoms with Gasteiger partial charge in [-0.2, -0.15) is 0 Å². The summed E-state index contributed by atoms with van der Waals surface area (Å²) in [5.74, 6) is 0.843. The summed E-state index contributed by atoms with van der Waals surface area (Å²) < 4.78 is 1.82. The lowest BCUT2D eigenvalue weighted by atomic mass is 10.2. The fourth-order valence-corrected chi connectivity index (χ4v) is 3.48. The highest BCUT2D eigenvalue weighted by Gasteiger charge is 2.14. The molecule has 0 bridgehead atoms. The standard InChI is InChI=1S/C17H14Cl3N5OS/c1-9-12(19)7-13(20)15(21-9)22-14(26)8-27-17-24-23-16(25(17)2)10-3-5-11(18)6-4-10/h3-7H,8H2,1-2H3,(H,21,22,26). The molecule has 0 saturated heterocycles. The number of rotatable bonds is 5. The molecule has 0 spiro atoms. The third-order valence-corrected chi connectivity index (χ3v) is 5.58. The molecule has 0 aliphatic heterocycles. The summed E-state index contributed by atoms with van der Waals surface area (Å²) in [5.41, 5.74) is 1.48. The molecule has 0 aliphatic rings. The minimum atomic E-state index is -0.257. The van der Waals surface area contributed by atoms with E-state index in [0.29, 0.717) is 26.7 Å². The molecule has 0 aliphatic carbocycles. The summed E-state index contributed by atoms with van der Waals surface area (Å²) in [7, 11) is 1.84. The van der Waals surface area contributed by atoms with Crippen molar-refractivity contribution in [3.63, 3.8) is 0 Å². The molecule has 10 heteroatoms. The number of amides is 1. The topological polar surface area (TPSA) is 72.7 Å². The molecular weight excluding hydrogens is 429 g/mol. The maximum absolute atomic E-state index is 12.2. The Bertz CT molecular complexity index is 991. The van der Waals surface area contributed by atoms with E-state index < -0.39 is 0 Å². The van der Waals surface area contributed by atoms with E-state index in [1.165, 1.54) is 11.8 Å². The summed E-state index contributed by atoms with van der Waals surface area (Å²) in [6.07, 6.45) is 0. The number of carbonyl (C=O) groups excluding carboxylic acids is 1. The zero-order chi connectivity index (χ0) is 19.6. The first-order valence-electron chi connectivity index (χ1n) is 7.75. The lowest BCUT2D eigenvalue weighted by molar-refractivity contribution is -0.113. The van der Waals surface area contributed by atoms with Gasteiger partial charge in [0.25, 0.3) is 0 Å². The molecule has 140 valence electrons. The van der Waals surface area contributed by atoms with Crippen molar-refractivity contribution < 1.29 is 4.79 Å². The molecule has 0 fully saturated rings. The summed E-state index contributed by atoms with van der Waals surface area (Å²) in [4.78, 5) is 16.4. The van der Waals surface area contributed by atoms with Gasteiger partial charge in [0.05, 0.1) is 21.5 Å². The first-order chi connectivity index (χ1) is 12.8. The molecule has 3 rings (SSSR count). The van der Waals surface area contributed by atoms with Crippen molar-refractivity contribution in [1.29, 1.82) is 0 Å². The number of nitrogens with one attached hydrogen (secondary N) is 1. The number of benzene rings is 1. The van der Waals surface area contributed by atoms with Crippen molar-refractivity contribution in [2.75, 3.05) is 11.1 Å². The predicted octanol–water partition coefficient (Wildman–Crippen LogP) is 4.88. The minimum Gasteiger partial charge on any atom is -0.309 e. The van der Waals surface area contributed by atoms with Crippen LogP contribution in [-0.4, -0.2) is 31.4 Å². The maximum Gasteiger partial charge on any atom is 0.236 e. The number of carbonyl (C=O) groups is 1. The second-order valence-electron chi connectivity index (χ2n) is 5.59. The van der Waals surface area contributed by atoms with Crippen molar-refractivity contribution in [1.82, 2.24) is 19.7 Å². The number of thioether (sulfide) groups is 1. The number of hydrogen-bond acceptors (Lipinski definition) is 5. The number of hydrogen-bond donors (Lipinski definition) is 1. The summed E-state index contributed by atoms with van der Waals surface area (Å²) in [6, 6.07) is 8.86. The monoisotopic (exact) mass is 441 g/mol. The van der Waals surface area contributed by atoms with Gasteiger partial charge < -0.3 is 9.88 Å². The van der Waals surface area contributed by atoms with Crippen LogP contribution in [-0.2, 0) is 11.8 Å². The van der Waals surface area contributed by atoms with E-state index in [1.54, 1.807) is 25.1 Å². The number of pyridine rings is 1. The molecule has 0 atom stereocenters. The molecule has 6 nitrogen and oxygen atoms in total. The van der Waals surface area contributed by atoms with Crippen LogP contribution in [0.25, 0.3) is 11.4 Å². The molecule has 3 aromatic rings. The van der Waals surface area contributed by atoms with Crippen molar-refractivity contribution in [2.24, 2.45) is 7.05 Å². The predicted molar refractivity (Wildman–Crippen MR) is 110 cm³/mol. The van der Waals surface area contributed by atoms with Crippen LogP contribution >= 0.6 is 46.6 Å². The molecule has 0 unspecified atom stereocenters. The Hall–Kier alpha value is -1.80. The van der Waals surface area contributed by atoms with Crippen molar-refractivity contribution in [3.8, 4) is 11.4 Å². The first kappa shape index (κ1) is 19.9. The Morgan fingerprint density at radius 3 is 2.56 bits per heavy atom. The average Bonchev–Trinajstić information content (AvgIpc) is 2.99. The summed E-state index contributed by atoms with van der Waals surface area (Å²) in [6.45, 7) is 1.74.